The molecule has 2 aromatic heterocycles. The minimum absolute atomic E-state index is 0.214. The molecular formula is C25H25N5O. The number of fused-ring (bicyclic) bond motifs is 1. The van der Waals surface area contributed by atoms with Crippen LogP contribution in [0.5, 0.6) is 0 Å². The Labute approximate surface area is 181 Å². The molecule has 0 atom stereocenters. The van der Waals surface area contributed by atoms with Crippen molar-refractivity contribution in [2.75, 3.05) is 19.6 Å². The SMILES string of the molecule is CC1=C(CN2CCC2)C=CC(NC(=O)c2n[nH]c3ccc(-c4cccnc4)cc23)=CC1. The van der Waals surface area contributed by atoms with E-state index in [1.165, 1.54) is 30.7 Å². The van der Waals surface area contributed by atoms with Crippen molar-refractivity contribution in [1.82, 2.24) is 25.4 Å². The van der Waals surface area contributed by atoms with Gasteiger partial charge in [-0.2, -0.15) is 5.10 Å². The van der Waals surface area contributed by atoms with Crippen molar-refractivity contribution in [2.45, 2.75) is 19.8 Å². The summed E-state index contributed by atoms with van der Waals surface area (Å²) in [5.74, 6) is -0.214. The molecular weight excluding hydrogens is 386 g/mol. The Hall–Kier alpha value is -3.51. The van der Waals surface area contributed by atoms with Crippen molar-refractivity contribution < 1.29 is 4.79 Å². The van der Waals surface area contributed by atoms with Crippen LogP contribution in [-0.4, -0.2) is 45.6 Å². The lowest BCUT2D eigenvalue weighted by Crippen LogP contribution is -2.38. The van der Waals surface area contributed by atoms with Crippen molar-refractivity contribution in [2.24, 2.45) is 0 Å². The highest BCUT2D eigenvalue weighted by Gasteiger charge is 2.18. The molecule has 1 saturated heterocycles. The van der Waals surface area contributed by atoms with Crippen molar-refractivity contribution in [3.63, 3.8) is 0 Å². The van der Waals surface area contributed by atoms with Gasteiger partial charge in [0.15, 0.2) is 5.69 Å². The van der Waals surface area contributed by atoms with E-state index in [9.17, 15) is 4.79 Å². The average molecular weight is 412 g/mol. The van der Waals surface area contributed by atoms with Crippen molar-refractivity contribution in [3.8, 4) is 11.1 Å². The summed E-state index contributed by atoms with van der Waals surface area (Å²) < 4.78 is 0. The van der Waals surface area contributed by atoms with Crippen LogP contribution in [0.3, 0.4) is 0 Å². The molecule has 0 radical (unpaired) electrons. The van der Waals surface area contributed by atoms with Crippen molar-refractivity contribution in [3.05, 3.63) is 83.5 Å². The van der Waals surface area contributed by atoms with Crippen LogP contribution >= 0.6 is 0 Å². The van der Waals surface area contributed by atoms with Crippen LogP contribution in [0.1, 0.15) is 30.3 Å². The third kappa shape index (κ3) is 4.07. The van der Waals surface area contributed by atoms with Crippen molar-refractivity contribution in [1.29, 1.82) is 0 Å². The predicted molar refractivity (Wildman–Crippen MR) is 122 cm³/mol. The molecule has 3 heterocycles. The normalized spacial score (nSPS) is 16.7. The van der Waals surface area contributed by atoms with E-state index in [0.717, 1.165) is 40.7 Å². The topological polar surface area (TPSA) is 73.9 Å². The molecule has 1 aliphatic heterocycles. The van der Waals surface area contributed by atoms with Gasteiger partial charge in [0.25, 0.3) is 5.91 Å². The first-order valence-electron chi connectivity index (χ1n) is 10.7. The zero-order valence-corrected chi connectivity index (χ0v) is 17.6. The number of pyridine rings is 1. The first-order valence-corrected chi connectivity index (χ1v) is 10.7. The molecule has 5 rings (SSSR count). The Bertz CT molecular complexity index is 1220. The highest BCUT2D eigenvalue weighted by molar-refractivity contribution is 6.06. The van der Waals surface area contributed by atoms with Gasteiger partial charge < -0.3 is 5.32 Å². The van der Waals surface area contributed by atoms with E-state index in [1.807, 2.05) is 42.6 Å². The summed E-state index contributed by atoms with van der Waals surface area (Å²) >= 11 is 0. The number of likely N-dealkylation sites (tertiary alicyclic amines) is 1. The molecule has 0 bridgehead atoms. The largest absolute Gasteiger partial charge is 0.321 e. The summed E-state index contributed by atoms with van der Waals surface area (Å²) in [7, 11) is 0. The maximum Gasteiger partial charge on any atom is 0.276 e. The van der Waals surface area contributed by atoms with Gasteiger partial charge in [0.05, 0.1) is 5.52 Å². The van der Waals surface area contributed by atoms with Gasteiger partial charge in [-0.05, 0) is 68.3 Å². The van der Waals surface area contributed by atoms with Crippen LogP contribution in [0.15, 0.2) is 77.8 Å². The fraction of sp³-hybridized carbons (Fsp3) is 0.240. The monoisotopic (exact) mass is 411 g/mol. The number of aromatic amines is 1. The Kier molecular flexibility index (Phi) is 5.22. The van der Waals surface area contributed by atoms with Crippen LogP contribution < -0.4 is 5.32 Å². The minimum atomic E-state index is -0.214. The van der Waals surface area contributed by atoms with Gasteiger partial charge in [0, 0.05) is 35.6 Å². The molecule has 1 fully saturated rings. The molecule has 2 N–H and O–H groups in total. The average Bonchev–Trinajstić information content (AvgIpc) is 3.11. The second-order valence-electron chi connectivity index (χ2n) is 8.16. The fourth-order valence-electron chi connectivity index (χ4n) is 3.95. The summed E-state index contributed by atoms with van der Waals surface area (Å²) in [6.07, 6.45) is 11.9. The number of carbonyl (C=O) groups excluding carboxylic acids is 1. The molecule has 1 aliphatic carbocycles. The van der Waals surface area contributed by atoms with Gasteiger partial charge in [-0.25, -0.2) is 0 Å². The van der Waals surface area contributed by atoms with Gasteiger partial charge in [-0.3, -0.25) is 19.8 Å². The lowest BCUT2D eigenvalue weighted by atomic mass is 10.0. The van der Waals surface area contributed by atoms with E-state index in [2.05, 4.69) is 44.5 Å². The third-order valence-corrected chi connectivity index (χ3v) is 6.01. The number of hydrogen-bond acceptors (Lipinski definition) is 4. The maximum absolute atomic E-state index is 13.0. The smallest absolute Gasteiger partial charge is 0.276 e. The molecule has 1 aromatic carbocycles. The standard InChI is InChI=1S/C25H25N5O/c1-17-5-8-21(9-6-20(17)16-30-12-3-13-30)27-25(31)24-22-14-18(7-10-23(22)28-29-24)19-4-2-11-26-15-19/h2,4,6-11,14-15H,3,5,12-13,16H2,1H3,(H,27,31)(H,28,29). The molecule has 0 spiro atoms. The Morgan fingerprint density at radius 2 is 2.10 bits per heavy atom. The Morgan fingerprint density at radius 1 is 1.19 bits per heavy atom. The number of H-pyrrole nitrogens is 1. The van der Waals surface area contributed by atoms with Crippen LogP contribution in [0, 0.1) is 0 Å². The molecule has 31 heavy (non-hydrogen) atoms. The van der Waals surface area contributed by atoms with Crippen molar-refractivity contribution >= 4 is 16.8 Å². The number of hydrogen-bond donors (Lipinski definition) is 2. The highest BCUT2D eigenvalue weighted by Crippen LogP contribution is 2.25. The molecule has 3 aromatic rings. The third-order valence-electron chi connectivity index (χ3n) is 6.01. The van der Waals surface area contributed by atoms with Crippen LogP contribution in [0.25, 0.3) is 22.0 Å². The molecule has 1 amide bonds. The van der Waals surface area contributed by atoms with E-state index in [0.29, 0.717) is 5.69 Å². The molecule has 156 valence electrons. The van der Waals surface area contributed by atoms with Gasteiger partial charge >= 0.3 is 0 Å². The van der Waals surface area contributed by atoms with Crippen LogP contribution in [0.2, 0.25) is 0 Å². The van der Waals surface area contributed by atoms with Crippen LogP contribution in [0.4, 0.5) is 0 Å². The van der Waals surface area contributed by atoms with E-state index in [1.54, 1.807) is 6.20 Å². The summed E-state index contributed by atoms with van der Waals surface area (Å²) in [5, 5.41) is 11.1. The second kappa shape index (κ2) is 8.32. The number of nitrogens with zero attached hydrogens (tertiary/aromatic N) is 3. The summed E-state index contributed by atoms with van der Waals surface area (Å²) in [4.78, 5) is 19.7. The van der Waals surface area contributed by atoms with E-state index < -0.39 is 0 Å². The first kappa shape index (κ1) is 19.5. The zero-order valence-electron chi connectivity index (χ0n) is 17.6. The lowest BCUT2D eigenvalue weighted by Gasteiger charge is -2.31. The summed E-state index contributed by atoms with van der Waals surface area (Å²) in [5.41, 5.74) is 6.72. The number of carbonyl (C=O) groups is 1. The number of allylic oxidation sites excluding steroid dienone is 3. The minimum Gasteiger partial charge on any atom is -0.321 e. The van der Waals surface area contributed by atoms with E-state index in [4.69, 9.17) is 0 Å². The van der Waals surface area contributed by atoms with Gasteiger partial charge in [-0.15, -0.1) is 0 Å². The van der Waals surface area contributed by atoms with E-state index in [-0.39, 0.29) is 5.91 Å². The second-order valence-corrected chi connectivity index (χ2v) is 8.16. The van der Waals surface area contributed by atoms with Gasteiger partial charge in [-0.1, -0.05) is 29.9 Å². The predicted octanol–water partition coefficient (Wildman–Crippen LogP) is 4.22. The highest BCUT2D eigenvalue weighted by atomic mass is 16.1. The fourth-order valence-corrected chi connectivity index (χ4v) is 3.95. The number of benzene rings is 1. The lowest BCUT2D eigenvalue weighted by molar-refractivity contribution is 0.0963. The molecule has 6 heteroatoms. The number of aromatic nitrogens is 3. The molecule has 2 aliphatic rings. The summed E-state index contributed by atoms with van der Waals surface area (Å²) in [6, 6.07) is 9.84. The maximum atomic E-state index is 13.0. The quantitative estimate of drug-likeness (QED) is 0.659. The number of rotatable bonds is 5. The number of amides is 1. The Balaban J connectivity index is 1.35. The van der Waals surface area contributed by atoms with Gasteiger partial charge in [0.1, 0.15) is 0 Å². The van der Waals surface area contributed by atoms with Gasteiger partial charge in [0.2, 0.25) is 0 Å². The molecule has 0 saturated carbocycles. The zero-order chi connectivity index (χ0) is 21.2. The molecule has 0 unspecified atom stereocenters. The van der Waals surface area contributed by atoms with Crippen LogP contribution in [-0.2, 0) is 0 Å². The molecule has 6 nitrogen and oxygen atoms in total. The first-order chi connectivity index (χ1) is 15.2. The van der Waals surface area contributed by atoms with E-state index >= 15 is 0 Å². The Morgan fingerprint density at radius 3 is 2.87 bits per heavy atom. The number of nitrogens with one attached hydrogen (secondary N) is 2. The summed E-state index contributed by atoms with van der Waals surface area (Å²) in [6.45, 7) is 5.50.